The monoisotopic (exact) mass is 340 g/mol. The molecule has 0 aliphatic rings. The van der Waals surface area contributed by atoms with Gasteiger partial charge in [0.2, 0.25) is 0 Å². The summed E-state index contributed by atoms with van der Waals surface area (Å²) in [6, 6.07) is 11.7. The van der Waals surface area contributed by atoms with Gasteiger partial charge in [-0.1, -0.05) is 50.6 Å². The Balaban J connectivity index is 2.39. The van der Waals surface area contributed by atoms with Crippen LogP contribution in [0.25, 0.3) is 11.4 Å². The van der Waals surface area contributed by atoms with E-state index in [0.717, 1.165) is 37.2 Å². The summed E-state index contributed by atoms with van der Waals surface area (Å²) in [5.41, 5.74) is 1.32. The van der Waals surface area contributed by atoms with Crippen LogP contribution in [-0.4, -0.2) is 35.5 Å². The standard InChI is InChI=1S/C20H28N4O/c1-5-7-13-24(4)18-14-17(20(25)21-15(3)6-2)22-19(23-18)16-11-9-8-10-12-16/h8-12,14-15H,5-7,13H2,1-4H3,(H,21,25). The number of nitrogens with one attached hydrogen (secondary N) is 1. The maximum absolute atomic E-state index is 12.6. The van der Waals surface area contributed by atoms with Gasteiger partial charge < -0.3 is 10.2 Å². The van der Waals surface area contributed by atoms with E-state index in [4.69, 9.17) is 0 Å². The summed E-state index contributed by atoms with van der Waals surface area (Å²) in [5.74, 6) is 1.20. The van der Waals surface area contributed by atoms with Crippen molar-refractivity contribution in [3.63, 3.8) is 0 Å². The van der Waals surface area contributed by atoms with Gasteiger partial charge in [0.25, 0.3) is 5.91 Å². The molecule has 25 heavy (non-hydrogen) atoms. The van der Waals surface area contributed by atoms with E-state index < -0.39 is 0 Å². The highest BCUT2D eigenvalue weighted by Gasteiger charge is 2.16. The fourth-order valence-corrected chi connectivity index (χ4v) is 2.37. The maximum Gasteiger partial charge on any atom is 0.270 e. The Kier molecular flexibility index (Phi) is 6.92. The quantitative estimate of drug-likeness (QED) is 0.791. The van der Waals surface area contributed by atoms with Gasteiger partial charge in [-0.2, -0.15) is 0 Å². The molecular formula is C20H28N4O. The summed E-state index contributed by atoms with van der Waals surface area (Å²) in [6.45, 7) is 7.10. The number of hydrogen-bond acceptors (Lipinski definition) is 4. The molecule has 1 atom stereocenters. The van der Waals surface area contributed by atoms with Gasteiger partial charge in [-0.05, 0) is 19.8 Å². The van der Waals surface area contributed by atoms with Gasteiger partial charge in [0, 0.05) is 31.3 Å². The number of carbonyl (C=O) groups excluding carboxylic acids is 1. The molecular weight excluding hydrogens is 312 g/mol. The second-order valence-corrected chi connectivity index (χ2v) is 6.36. The van der Waals surface area contributed by atoms with Crippen LogP contribution in [0.15, 0.2) is 36.4 Å². The number of nitrogens with zero attached hydrogens (tertiary/aromatic N) is 3. The van der Waals surface area contributed by atoms with Crippen molar-refractivity contribution in [2.75, 3.05) is 18.5 Å². The van der Waals surface area contributed by atoms with E-state index in [0.29, 0.717) is 11.5 Å². The molecule has 0 spiro atoms. The zero-order chi connectivity index (χ0) is 18.2. The summed E-state index contributed by atoms with van der Waals surface area (Å²) in [6.07, 6.45) is 3.07. The highest BCUT2D eigenvalue weighted by molar-refractivity contribution is 5.93. The van der Waals surface area contributed by atoms with Crippen LogP contribution in [0.2, 0.25) is 0 Å². The molecule has 0 radical (unpaired) electrons. The van der Waals surface area contributed by atoms with Crippen molar-refractivity contribution in [1.82, 2.24) is 15.3 Å². The summed E-state index contributed by atoms with van der Waals surface area (Å²) < 4.78 is 0. The molecule has 1 unspecified atom stereocenters. The molecule has 0 bridgehead atoms. The van der Waals surface area contributed by atoms with Gasteiger partial charge in [-0.25, -0.2) is 9.97 Å². The fraction of sp³-hybridized carbons (Fsp3) is 0.450. The van der Waals surface area contributed by atoms with E-state index >= 15 is 0 Å². The second kappa shape index (κ2) is 9.16. The number of hydrogen-bond donors (Lipinski definition) is 1. The smallest absolute Gasteiger partial charge is 0.270 e. The Hall–Kier alpha value is -2.43. The van der Waals surface area contributed by atoms with E-state index in [1.165, 1.54) is 0 Å². The first kappa shape index (κ1) is 18.9. The molecule has 1 amide bonds. The lowest BCUT2D eigenvalue weighted by atomic mass is 10.2. The Bertz CT molecular complexity index is 687. The molecule has 1 aromatic carbocycles. The molecule has 1 heterocycles. The molecule has 2 rings (SSSR count). The fourth-order valence-electron chi connectivity index (χ4n) is 2.37. The first-order valence-electron chi connectivity index (χ1n) is 9.01. The Labute approximate surface area is 150 Å². The van der Waals surface area contributed by atoms with Crippen molar-refractivity contribution in [3.05, 3.63) is 42.1 Å². The van der Waals surface area contributed by atoms with Crippen LogP contribution >= 0.6 is 0 Å². The largest absolute Gasteiger partial charge is 0.360 e. The minimum Gasteiger partial charge on any atom is -0.360 e. The molecule has 0 aliphatic carbocycles. The number of unbranched alkanes of at least 4 members (excludes halogenated alkanes) is 1. The van der Waals surface area contributed by atoms with E-state index in [-0.39, 0.29) is 11.9 Å². The number of anilines is 1. The SMILES string of the molecule is CCCCN(C)c1cc(C(=O)NC(C)CC)nc(-c2ccccc2)n1. The minimum absolute atomic E-state index is 0.115. The minimum atomic E-state index is -0.154. The molecule has 1 N–H and O–H groups in total. The van der Waals surface area contributed by atoms with Crippen molar-refractivity contribution in [1.29, 1.82) is 0 Å². The molecule has 1 aromatic heterocycles. The maximum atomic E-state index is 12.6. The van der Waals surface area contributed by atoms with Gasteiger partial charge in [-0.15, -0.1) is 0 Å². The highest BCUT2D eigenvalue weighted by Crippen LogP contribution is 2.20. The zero-order valence-electron chi connectivity index (χ0n) is 15.6. The predicted octanol–water partition coefficient (Wildman–Crippen LogP) is 3.91. The molecule has 0 saturated carbocycles. The van der Waals surface area contributed by atoms with Crippen molar-refractivity contribution in [3.8, 4) is 11.4 Å². The van der Waals surface area contributed by atoms with Gasteiger partial charge in [0.1, 0.15) is 11.5 Å². The topological polar surface area (TPSA) is 58.1 Å². The predicted molar refractivity (Wildman–Crippen MR) is 103 cm³/mol. The molecule has 0 saturated heterocycles. The second-order valence-electron chi connectivity index (χ2n) is 6.36. The summed E-state index contributed by atoms with van der Waals surface area (Å²) in [4.78, 5) is 23.8. The summed E-state index contributed by atoms with van der Waals surface area (Å²) in [7, 11) is 2.00. The molecule has 5 nitrogen and oxygen atoms in total. The lowest BCUT2D eigenvalue weighted by Gasteiger charge is -2.19. The van der Waals surface area contributed by atoms with Crippen LogP contribution in [0.3, 0.4) is 0 Å². The first-order chi connectivity index (χ1) is 12.0. The van der Waals surface area contributed by atoms with E-state index in [1.807, 2.05) is 51.2 Å². The van der Waals surface area contributed by atoms with Gasteiger partial charge in [-0.3, -0.25) is 4.79 Å². The molecule has 2 aromatic rings. The van der Waals surface area contributed by atoms with Gasteiger partial charge >= 0.3 is 0 Å². The third-order valence-corrected chi connectivity index (χ3v) is 4.21. The lowest BCUT2D eigenvalue weighted by molar-refractivity contribution is 0.0934. The summed E-state index contributed by atoms with van der Waals surface area (Å²) in [5, 5.41) is 2.99. The third kappa shape index (κ3) is 5.28. The van der Waals surface area contributed by atoms with Crippen LogP contribution in [-0.2, 0) is 0 Å². The highest BCUT2D eigenvalue weighted by atomic mass is 16.1. The van der Waals surface area contributed by atoms with Crippen LogP contribution in [0.4, 0.5) is 5.82 Å². The number of aromatic nitrogens is 2. The Morgan fingerprint density at radius 1 is 1.20 bits per heavy atom. The molecule has 0 fully saturated rings. The summed E-state index contributed by atoms with van der Waals surface area (Å²) >= 11 is 0. The first-order valence-corrected chi connectivity index (χ1v) is 9.01. The average Bonchev–Trinajstić information content (AvgIpc) is 2.66. The van der Waals surface area contributed by atoms with Crippen LogP contribution in [0.5, 0.6) is 0 Å². The van der Waals surface area contributed by atoms with E-state index in [2.05, 4.69) is 27.1 Å². The van der Waals surface area contributed by atoms with Gasteiger partial charge in [0.05, 0.1) is 0 Å². The van der Waals surface area contributed by atoms with Gasteiger partial charge in [0.15, 0.2) is 5.82 Å². The van der Waals surface area contributed by atoms with Crippen LogP contribution in [0, 0.1) is 0 Å². The molecule has 5 heteroatoms. The van der Waals surface area contributed by atoms with E-state index in [9.17, 15) is 4.79 Å². The number of rotatable bonds is 8. The molecule has 134 valence electrons. The van der Waals surface area contributed by atoms with E-state index in [1.54, 1.807) is 6.07 Å². The lowest BCUT2D eigenvalue weighted by Crippen LogP contribution is -2.33. The van der Waals surface area contributed by atoms with Crippen molar-refractivity contribution in [2.45, 2.75) is 46.1 Å². The van der Waals surface area contributed by atoms with Crippen LogP contribution in [0.1, 0.15) is 50.5 Å². The number of carbonyl (C=O) groups is 1. The Morgan fingerprint density at radius 3 is 2.56 bits per heavy atom. The van der Waals surface area contributed by atoms with Crippen LogP contribution < -0.4 is 10.2 Å². The van der Waals surface area contributed by atoms with Crippen molar-refractivity contribution < 1.29 is 4.79 Å². The Morgan fingerprint density at radius 2 is 1.92 bits per heavy atom. The third-order valence-electron chi connectivity index (χ3n) is 4.21. The number of amides is 1. The molecule has 0 aliphatic heterocycles. The van der Waals surface area contributed by atoms with Crippen molar-refractivity contribution >= 4 is 11.7 Å². The average molecular weight is 340 g/mol. The van der Waals surface area contributed by atoms with Crippen molar-refractivity contribution in [2.24, 2.45) is 0 Å². The zero-order valence-corrected chi connectivity index (χ0v) is 15.6. The normalized spacial score (nSPS) is 11.8. The number of benzene rings is 1.